The highest BCUT2D eigenvalue weighted by molar-refractivity contribution is 5.17. The zero-order chi connectivity index (χ0) is 11.6. The predicted octanol–water partition coefficient (Wildman–Crippen LogP) is 1.30. The number of aromatic amines is 1. The monoisotopic (exact) mass is 209 g/mol. The van der Waals surface area contributed by atoms with Crippen molar-refractivity contribution in [3.8, 4) is 0 Å². The molecule has 0 saturated carbocycles. The summed E-state index contributed by atoms with van der Waals surface area (Å²) in [5.41, 5.74) is 7.40. The van der Waals surface area contributed by atoms with Crippen molar-refractivity contribution < 1.29 is 0 Å². The third-order valence-corrected chi connectivity index (χ3v) is 2.64. The summed E-state index contributed by atoms with van der Waals surface area (Å²) in [5, 5.41) is 0. The quantitative estimate of drug-likeness (QED) is 0.788. The van der Waals surface area contributed by atoms with Crippen LogP contribution in [0.2, 0.25) is 0 Å². The second-order valence-electron chi connectivity index (χ2n) is 4.15. The van der Waals surface area contributed by atoms with Crippen LogP contribution in [-0.2, 0) is 6.42 Å². The maximum absolute atomic E-state index is 11.6. The summed E-state index contributed by atoms with van der Waals surface area (Å²) in [4.78, 5) is 18.7. The molecule has 0 aliphatic rings. The first kappa shape index (κ1) is 11.9. The lowest BCUT2D eigenvalue weighted by atomic mass is 10.0. The van der Waals surface area contributed by atoms with Gasteiger partial charge in [-0.05, 0) is 19.3 Å². The third kappa shape index (κ3) is 2.45. The first-order valence-corrected chi connectivity index (χ1v) is 5.32. The standard InChI is InChI=1S/C11H19N3O/c1-5-8-7(4)11(15)14-10(13-8)9(12)6(2)3/h6,9H,5,12H2,1-4H3,(H,13,14,15). The van der Waals surface area contributed by atoms with Crippen LogP contribution in [0.4, 0.5) is 0 Å². The van der Waals surface area contributed by atoms with E-state index in [0.717, 1.165) is 12.1 Å². The van der Waals surface area contributed by atoms with Gasteiger partial charge in [0.25, 0.3) is 5.56 Å². The van der Waals surface area contributed by atoms with E-state index in [-0.39, 0.29) is 17.5 Å². The van der Waals surface area contributed by atoms with Gasteiger partial charge in [0, 0.05) is 5.56 Å². The van der Waals surface area contributed by atoms with Gasteiger partial charge in [-0.25, -0.2) is 4.98 Å². The van der Waals surface area contributed by atoms with Gasteiger partial charge in [0.05, 0.1) is 11.7 Å². The molecule has 0 aliphatic carbocycles. The Balaban J connectivity index is 3.22. The number of hydrogen-bond donors (Lipinski definition) is 2. The molecule has 0 radical (unpaired) electrons. The van der Waals surface area contributed by atoms with E-state index in [9.17, 15) is 4.79 Å². The number of aromatic nitrogens is 2. The molecule has 1 atom stereocenters. The van der Waals surface area contributed by atoms with Crippen LogP contribution in [0.25, 0.3) is 0 Å². The van der Waals surface area contributed by atoms with E-state index in [1.54, 1.807) is 6.92 Å². The summed E-state index contributed by atoms with van der Waals surface area (Å²) in [6.07, 6.45) is 0.758. The number of hydrogen-bond acceptors (Lipinski definition) is 3. The summed E-state index contributed by atoms with van der Waals surface area (Å²) < 4.78 is 0. The molecule has 4 heteroatoms. The average molecular weight is 209 g/mol. The Labute approximate surface area is 89.9 Å². The number of nitrogens with one attached hydrogen (secondary N) is 1. The zero-order valence-electron chi connectivity index (χ0n) is 9.79. The molecule has 0 fully saturated rings. The Hall–Kier alpha value is -1.16. The molecule has 0 amide bonds. The number of rotatable bonds is 3. The van der Waals surface area contributed by atoms with Crippen molar-refractivity contribution in [2.75, 3.05) is 0 Å². The van der Waals surface area contributed by atoms with Crippen molar-refractivity contribution in [1.29, 1.82) is 0 Å². The number of nitrogens with zero attached hydrogens (tertiary/aromatic N) is 1. The van der Waals surface area contributed by atoms with Gasteiger partial charge in [-0.2, -0.15) is 0 Å². The minimum atomic E-state index is -0.205. The Morgan fingerprint density at radius 3 is 2.53 bits per heavy atom. The zero-order valence-corrected chi connectivity index (χ0v) is 9.79. The highest BCUT2D eigenvalue weighted by atomic mass is 16.1. The Morgan fingerprint density at radius 2 is 2.07 bits per heavy atom. The smallest absolute Gasteiger partial charge is 0.254 e. The molecular weight excluding hydrogens is 190 g/mol. The van der Waals surface area contributed by atoms with Crippen molar-refractivity contribution in [2.24, 2.45) is 11.7 Å². The molecule has 1 unspecified atom stereocenters. The van der Waals surface area contributed by atoms with Crippen molar-refractivity contribution in [2.45, 2.75) is 40.2 Å². The Kier molecular flexibility index (Phi) is 3.63. The molecule has 1 aromatic rings. The molecule has 1 aromatic heterocycles. The summed E-state index contributed by atoms with van der Waals surface area (Å²) in [6, 6.07) is -0.205. The molecular formula is C11H19N3O. The van der Waals surface area contributed by atoms with Gasteiger partial charge in [0.15, 0.2) is 0 Å². The van der Waals surface area contributed by atoms with E-state index in [4.69, 9.17) is 5.73 Å². The fourth-order valence-corrected chi connectivity index (χ4v) is 1.42. The number of aryl methyl sites for hydroxylation is 1. The van der Waals surface area contributed by atoms with Crippen LogP contribution in [0.5, 0.6) is 0 Å². The first-order valence-electron chi connectivity index (χ1n) is 5.32. The van der Waals surface area contributed by atoms with E-state index in [1.807, 2.05) is 20.8 Å². The summed E-state index contributed by atoms with van der Waals surface area (Å²) in [5.74, 6) is 0.859. The highest BCUT2D eigenvalue weighted by Gasteiger charge is 2.15. The third-order valence-electron chi connectivity index (χ3n) is 2.64. The maximum Gasteiger partial charge on any atom is 0.254 e. The van der Waals surface area contributed by atoms with Crippen LogP contribution < -0.4 is 11.3 Å². The number of H-pyrrole nitrogens is 1. The van der Waals surface area contributed by atoms with E-state index in [1.165, 1.54) is 0 Å². The molecule has 4 nitrogen and oxygen atoms in total. The van der Waals surface area contributed by atoms with Crippen LogP contribution >= 0.6 is 0 Å². The fraction of sp³-hybridized carbons (Fsp3) is 0.636. The minimum Gasteiger partial charge on any atom is -0.321 e. The van der Waals surface area contributed by atoms with Crippen LogP contribution in [-0.4, -0.2) is 9.97 Å². The largest absolute Gasteiger partial charge is 0.321 e. The minimum absolute atomic E-state index is 0.0760. The first-order chi connectivity index (χ1) is 6.97. The van der Waals surface area contributed by atoms with Crippen molar-refractivity contribution >= 4 is 0 Å². The second-order valence-corrected chi connectivity index (χ2v) is 4.15. The lowest BCUT2D eigenvalue weighted by Gasteiger charge is -2.15. The molecule has 1 heterocycles. The molecule has 0 saturated heterocycles. The Morgan fingerprint density at radius 1 is 1.47 bits per heavy atom. The van der Waals surface area contributed by atoms with Gasteiger partial charge in [0.2, 0.25) is 0 Å². The molecule has 0 bridgehead atoms. The fourth-order valence-electron chi connectivity index (χ4n) is 1.42. The van der Waals surface area contributed by atoms with E-state index < -0.39 is 0 Å². The molecule has 1 rings (SSSR count). The van der Waals surface area contributed by atoms with E-state index in [0.29, 0.717) is 11.4 Å². The second kappa shape index (κ2) is 4.57. The van der Waals surface area contributed by atoms with Gasteiger partial charge in [0.1, 0.15) is 5.82 Å². The average Bonchev–Trinajstić information content (AvgIpc) is 2.20. The van der Waals surface area contributed by atoms with Crippen molar-refractivity contribution in [3.63, 3.8) is 0 Å². The van der Waals surface area contributed by atoms with E-state index >= 15 is 0 Å². The van der Waals surface area contributed by atoms with Gasteiger partial charge in [-0.1, -0.05) is 20.8 Å². The van der Waals surface area contributed by atoms with Gasteiger partial charge < -0.3 is 10.7 Å². The van der Waals surface area contributed by atoms with Crippen molar-refractivity contribution in [3.05, 3.63) is 27.4 Å². The molecule has 84 valence electrons. The normalized spacial score (nSPS) is 13.2. The molecule has 0 aliphatic heterocycles. The van der Waals surface area contributed by atoms with Gasteiger partial charge in [-0.3, -0.25) is 4.79 Å². The van der Waals surface area contributed by atoms with Gasteiger partial charge >= 0.3 is 0 Å². The molecule has 3 N–H and O–H groups in total. The number of nitrogens with two attached hydrogens (primary N) is 1. The summed E-state index contributed by atoms with van der Waals surface area (Å²) >= 11 is 0. The van der Waals surface area contributed by atoms with Crippen LogP contribution in [0.1, 0.15) is 43.9 Å². The van der Waals surface area contributed by atoms with Crippen LogP contribution in [0.15, 0.2) is 4.79 Å². The predicted molar refractivity (Wildman–Crippen MR) is 60.7 cm³/mol. The maximum atomic E-state index is 11.6. The Bertz CT molecular complexity index is 395. The summed E-state index contributed by atoms with van der Waals surface area (Å²) in [7, 11) is 0. The SMILES string of the molecule is CCc1nc(C(N)C(C)C)[nH]c(=O)c1C. The molecule has 0 spiro atoms. The lowest BCUT2D eigenvalue weighted by molar-refractivity contribution is 0.486. The highest BCUT2D eigenvalue weighted by Crippen LogP contribution is 2.14. The van der Waals surface area contributed by atoms with Crippen LogP contribution in [0, 0.1) is 12.8 Å². The molecule has 0 aromatic carbocycles. The van der Waals surface area contributed by atoms with Gasteiger partial charge in [-0.15, -0.1) is 0 Å². The molecule has 15 heavy (non-hydrogen) atoms. The van der Waals surface area contributed by atoms with Crippen LogP contribution in [0.3, 0.4) is 0 Å². The lowest BCUT2D eigenvalue weighted by Crippen LogP contribution is -2.26. The summed E-state index contributed by atoms with van der Waals surface area (Å²) in [6.45, 7) is 7.79. The van der Waals surface area contributed by atoms with E-state index in [2.05, 4.69) is 9.97 Å². The topological polar surface area (TPSA) is 71.8 Å². The van der Waals surface area contributed by atoms with Crippen molar-refractivity contribution in [1.82, 2.24) is 9.97 Å².